The number of nitrogens with zero attached hydrogens (tertiary/aromatic N) is 7. The van der Waals surface area contributed by atoms with Crippen molar-refractivity contribution in [3.8, 4) is 0 Å². The Morgan fingerprint density at radius 1 is 1.03 bits per heavy atom. The lowest BCUT2D eigenvalue weighted by Gasteiger charge is -2.32. The van der Waals surface area contributed by atoms with Crippen LogP contribution in [0, 0.1) is 20.8 Å². The standard InChI is InChI=1S/C21H24N8S/c1-12-13(2)27-28-21-17(12)18-19(30-21)20(25-11-24-18)26-16-4-6-29(7-5-16)10-15-8-22-14(3)23-9-15/h8-9,11,16H,4-7,10H2,1-3H3,(H,24,25,26). The van der Waals surface area contributed by atoms with E-state index in [1.807, 2.05) is 26.2 Å². The zero-order valence-corrected chi connectivity index (χ0v) is 18.2. The molecule has 0 bridgehead atoms. The summed E-state index contributed by atoms with van der Waals surface area (Å²) >= 11 is 1.62. The number of piperidine rings is 1. The molecule has 0 amide bonds. The minimum Gasteiger partial charge on any atom is -0.366 e. The van der Waals surface area contributed by atoms with E-state index < -0.39 is 0 Å². The summed E-state index contributed by atoms with van der Waals surface area (Å²) in [5.74, 6) is 1.72. The number of likely N-dealkylation sites (tertiary alicyclic amines) is 1. The fourth-order valence-electron chi connectivity index (χ4n) is 3.97. The van der Waals surface area contributed by atoms with E-state index in [1.165, 1.54) is 5.56 Å². The van der Waals surface area contributed by atoms with Gasteiger partial charge in [0.15, 0.2) is 0 Å². The number of nitrogens with one attached hydrogen (secondary N) is 1. The Bertz CT molecular complexity index is 1200. The van der Waals surface area contributed by atoms with E-state index in [1.54, 1.807) is 17.7 Å². The topological polar surface area (TPSA) is 92.6 Å². The maximum Gasteiger partial charge on any atom is 0.149 e. The number of hydrogen-bond acceptors (Lipinski definition) is 9. The van der Waals surface area contributed by atoms with E-state index in [2.05, 4.69) is 47.3 Å². The Kier molecular flexibility index (Phi) is 5.00. The van der Waals surface area contributed by atoms with Gasteiger partial charge in [-0.1, -0.05) is 0 Å². The summed E-state index contributed by atoms with van der Waals surface area (Å²) in [7, 11) is 0. The van der Waals surface area contributed by atoms with Crippen LogP contribution in [0.1, 0.15) is 35.5 Å². The second-order valence-electron chi connectivity index (χ2n) is 7.93. The van der Waals surface area contributed by atoms with E-state index in [-0.39, 0.29) is 0 Å². The van der Waals surface area contributed by atoms with Gasteiger partial charge >= 0.3 is 0 Å². The van der Waals surface area contributed by atoms with Crippen LogP contribution in [-0.4, -0.2) is 54.2 Å². The van der Waals surface area contributed by atoms with Crippen molar-refractivity contribution >= 4 is 37.6 Å². The molecule has 8 nitrogen and oxygen atoms in total. The van der Waals surface area contributed by atoms with E-state index in [0.29, 0.717) is 6.04 Å². The predicted molar refractivity (Wildman–Crippen MR) is 119 cm³/mol. The monoisotopic (exact) mass is 420 g/mol. The molecule has 1 aliphatic heterocycles. The summed E-state index contributed by atoms with van der Waals surface area (Å²) in [5.41, 5.74) is 4.23. The molecule has 1 aliphatic rings. The molecule has 4 aromatic heterocycles. The van der Waals surface area contributed by atoms with Crippen molar-refractivity contribution in [3.63, 3.8) is 0 Å². The molecule has 5 rings (SSSR count). The van der Waals surface area contributed by atoms with Crippen molar-refractivity contribution in [1.82, 2.24) is 35.0 Å². The van der Waals surface area contributed by atoms with E-state index >= 15 is 0 Å². The Labute approximate surface area is 178 Å². The average Bonchev–Trinajstić information content (AvgIpc) is 3.14. The first-order valence-electron chi connectivity index (χ1n) is 10.2. The van der Waals surface area contributed by atoms with Gasteiger partial charge in [-0.25, -0.2) is 19.9 Å². The predicted octanol–water partition coefficient (Wildman–Crippen LogP) is 3.43. The molecule has 0 radical (unpaired) electrons. The zero-order valence-electron chi connectivity index (χ0n) is 17.4. The fourth-order valence-corrected chi connectivity index (χ4v) is 5.06. The number of hydrogen-bond donors (Lipinski definition) is 1. The summed E-state index contributed by atoms with van der Waals surface area (Å²) in [6.07, 6.45) is 7.65. The first-order valence-corrected chi connectivity index (χ1v) is 11.0. The first-order chi connectivity index (χ1) is 14.6. The highest BCUT2D eigenvalue weighted by Gasteiger charge is 2.22. The Balaban J connectivity index is 1.31. The van der Waals surface area contributed by atoms with Crippen molar-refractivity contribution in [2.24, 2.45) is 0 Å². The molecule has 0 saturated carbocycles. The third kappa shape index (κ3) is 3.59. The van der Waals surface area contributed by atoms with Gasteiger partial charge < -0.3 is 5.32 Å². The van der Waals surface area contributed by atoms with E-state index in [4.69, 9.17) is 0 Å². The molecule has 30 heavy (non-hydrogen) atoms. The minimum atomic E-state index is 0.396. The molecular formula is C21H24N8S. The van der Waals surface area contributed by atoms with Crippen LogP contribution in [0.25, 0.3) is 20.4 Å². The molecule has 0 aromatic carbocycles. The Hall–Kier alpha value is -2.78. The summed E-state index contributed by atoms with van der Waals surface area (Å²) in [5, 5.41) is 13.4. The fraction of sp³-hybridized carbons (Fsp3) is 0.429. The van der Waals surface area contributed by atoms with Crippen LogP contribution >= 0.6 is 11.3 Å². The van der Waals surface area contributed by atoms with Gasteiger partial charge in [0.1, 0.15) is 22.8 Å². The van der Waals surface area contributed by atoms with Gasteiger partial charge in [-0.3, -0.25) is 4.90 Å². The van der Waals surface area contributed by atoms with Crippen LogP contribution in [0.5, 0.6) is 0 Å². The summed E-state index contributed by atoms with van der Waals surface area (Å²) in [6, 6.07) is 0.396. The third-order valence-electron chi connectivity index (χ3n) is 5.83. The lowest BCUT2D eigenvalue weighted by atomic mass is 10.0. The molecule has 1 saturated heterocycles. The highest BCUT2D eigenvalue weighted by Crippen LogP contribution is 2.37. The molecule has 5 heterocycles. The molecule has 1 fully saturated rings. The lowest BCUT2D eigenvalue weighted by molar-refractivity contribution is 0.211. The second kappa shape index (κ2) is 7.81. The number of aryl methyl sites for hydroxylation is 3. The summed E-state index contributed by atoms with van der Waals surface area (Å²) in [6.45, 7) is 8.96. The molecule has 0 unspecified atom stereocenters. The van der Waals surface area contributed by atoms with Crippen LogP contribution in [0.15, 0.2) is 18.7 Å². The molecule has 4 aromatic rings. The second-order valence-corrected chi connectivity index (χ2v) is 8.92. The highest BCUT2D eigenvalue weighted by atomic mass is 32.1. The van der Waals surface area contributed by atoms with Crippen molar-refractivity contribution in [1.29, 1.82) is 0 Å². The van der Waals surface area contributed by atoms with Crippen molar-refractivity contribution in [2.75, 3.05) is 18.4 Å². The van der Waals surface area contributed by atoms with Gasteiger partial charge in [-0.2, -0.15) is 5.10 Å². The number of fused-ring (bicyclic) bond motifs is 3. The number of anilines is 1. The lowest BCUT2D eigenvalue weighted by Crippen LogP contribution is -2.38. The van der Waals surface area contributed by atoms with Gasteiger partial charge in [-0.15, -0.1) is 16.4 Å². The number of rotatable bonds is 4. The maximum atomic E-state index is 4.56. The van der Waals surface area contributed by atoms with Crippen LogP contribution in [0.2, 0.25) is 0 Å². The maximum absolute atomic E-state index is 4.56. The van der Waals surface area contributed by atoms with Gasteiger partial charge in [0.25, 0.3) is 0 Å². The van der Waals surface area contributed by atoms with Crippen molar-refractivity contribution in [2.45, 2.75) is 46.2 Å². The van der Waals surface area contributed by atoms with Crippen LogP contribution < -0.4 is 5.32 Å². The van der Waals surface area contributed by atoms with Gasteiger partial charge in [0.2, 0.25) is 0 Å². The molecule has 0 aliphatic carbocycles. The minimum absolute atomic E-state index is 0.396. The molecule has 9 heteroatoms. The quantitative estimate of drug-likeness (QED) is 0.537. The van der Waals surface area contributed by atoms with Crippen LogP contribution in [-0.2, 0) is 6.54 Å². The van der Waals surface area contributed by atoms with Crippen molar-refractivity contribution in [3.05, 3.63) is 41.4 Å². The van der Waals surface area contributed by atoms with Crippen LogP contribution in [0.3, 0.4) is 0 Å². The zero-order chi connectivity index (χ0) is 20.7. The number of thiophene rings is 1. The largest absolute Gasteiger partial charge is 0.366 e. The van der Waals surface area contributed by atoms with Gasteiger partial charge in [-0.05, 0) is 39.2 Å². The van der Waals surface area contributed by atoms with Gasteiger partial charge in [0, 0.05) is 49.0 Å². The molecular weight excluding hydrogens is 396 g/mol. The number of aromatic nitrogens is 6. The van der Waals surface area contributed by atoms with Crippen LogP contribution in [0.4, 0.5) is 5.82 Å². The summed E-state index contributed by atoms with van der Waals surface area (Å²) < 4.78 is 1.06. The smallest absolute Gasteiger partial charge is 0.149 e. The third-order valence-corrected chi connectivity index (χ3v) is 6.90. The summed E-state index contributed by atoms with van der Waals surface area (Å²) in [4.78, 5) is 21.1. The molecule has 0 spiro atoms. The Morgan fingerprint density at radius 3 is 2.57 bits per heavy atom. The Morgan fingerprint density at radius 2 is 1.80 bits per heavy atom. The van der Waals surface area contributed by atoms with Crippen molar-refractivity contribution < 1.29 is 0 Å². The molecule has 0 atom stereocenters. The normalized spacial score (nSPS) is 15.8. The average molecular weight is 421 g/mol. The highest BCUT2D eigenvalue weighted by molar-refractivity contribution is 7.25. The van der Waals surface area contributed by atoms with E-state index in [9.17, 15) is 0 Å². The first kappa shape index (κ1) is 19.2. The molecule has 154 valence electrons. The van der Waals surface area contributed by atoms with Gasteiger partial charge in [0.05, 0.1) is 15.9 Å². The molecule has 1 N–H and O–H groups in total. The van der Waals surface area contributed by atoms with E-state index in [0.717, 1.165) is 75.8 Å². The SMILES string of the molecule is Cc1ncc(CN2CCC(Nc3ncnc4c3sc3nnc(C)c(C)c34)CC2)cn1.